The molecule has 0 atom stereocenters. The molecule has 0 aliphatic heterocycles. The smallest absolute Gasteiger partial charge is 0.165 e. The van der Waals surface area contributed by atoms with Crippen LogP contribution in [0.2, 0.25) is 0 Å². The highest BCUT2D eigenvalue weighted by Crippen LogP contribution is 2.19. The Labute approximate surface area is 102 Å². The Balaban J connectivity index is 2.34. The number of hydrogen-bond donors (Lipinski definition) is 0. The lowest BCUT2D eigenvalue weighted by atomic mass is 10.1. The number of hydrogen-bond acceptors (Lipinski definition) is 2. The first-order chi connectivity index (χ1) is 8.13. The molecular formula is C14H19FO2. The fourth-order valence-corrected chi connectivity index (χ4v) is 1.74. The second kappa shape index (κ2) is 7.05. The zero-order valence-corrected chi connectivity index (χ0v) is 10.5. The van der Waals surface area contributed by atoms with Gasteiger partial charge in [0.05, 0.1) is 7.11 Å². The molecule has 0 fully saturated rings. The zero-order valence-electron chi connectivity index (χ0n) is 10.5. The quantitative estimate of drug-likeness (QED) is 0.679. The summed E-state index contributed by atoms with van der Waals surface area (Å²) in [5.41, 5.74) is 1.08. The average molecular weight is 238 g/mol. The second-order valence-electron chi connectivity index (χ2n) is 4.23. The summed E-state index contributed by atoms with van der Waals surface area (Å²) in [5.74, 6) is 0.215. The van der Waals surface area contributed by atoms with Crippen LogP contribution in [0.15, 0.2) is 18.2 Å². The van der Waals surface area contributed by atoms with Crippen LogP contribution in [0.1, 0.15) is 38.2 Å². The molecule has 0 bridgehead atoms. The highest BCUT2D eigenvalue weighted by molar-refractivity contribution is 5.75. The molecule has 1 rings (SSSR count). The van der Waals surface area contributed by atoms with E-state index in [0.717, 1.165) is 31.2 Å². The van der Waals surface area contributed by atoms with Gasteiger partial charge in [0.1, 0.15) is 5.78 Å². The summed E-state index contributed by atoms with van der Waals surface area (Å²) in [5, 5.41) is 0. The Hall–Kier alpha value is -1.38. The number of Topliss-reactive ketones (excluding diaryl/α,β-unsaturated/α-hetero) is 1. The third-order valence-electron chi connectivity index (χ3n) is 2.71. The van der Waals surface area contributed by atoms with Gasteiger partial charge in [-0.15, -0.1) is 0 Å². The molecule has 0 saturated carbocycles. The fourth-order valence-electron chi connectivity index (χ4n) is 1.74. The van der Waals surface area contributed by atoms with Gasteiger partial charge >= 0.3 is 0 Å². The summed E-state index contributed by atoms with van der Waals surface area (Å²) in [6, 6.07) is 4.95. The molecule has 1 aromatic carbocycles. The lowest BCUT2D eigenvalue weighted by Crippen LogP contribution is -1.93. The van der Waals surface area contributed by atoms with Gasteiger partial charge in [-0.25, -0.2) is 4.39 Å². The molecule has 0 unspecified atom stereocenters. The standard InChI is InChI=1S/C14H19FO2/c1-11(16)6-4-3-5-7-12-8-9-13(15)14(10-12)17-2/h8-10H,3-7H2,1-2H3. The summed E-state index contributed by atoms with van der Waals surface area (Å²) >= 11 is 0. The maximum atomic E-state index is 13.1. The number of carbonyl (C=O) groups is 1. The second-order valence-corrected chi connectivity index (χ2v) is 4.23. The molecule has 0 aliphatic carbocycles. The summed E-state index contributed by atoms with van der Waals surface area (Å²) < 4.78 is 18.1. The number of benzene rings is 1. The molecular weight excluding hydrogens is 219 g/mol. The number of unbranched alkanes of at least 4 members (excludes halogenated alkanes) is 2. The maximum Gasteiger partial charge on any atom is 0.165 e. The first-order valence-electron chi connectivity index (χ1n) is 5.95. The molecule has 0 aliphatic rings. The van der Waals surface area contributed by atoms with Gasteiger partial charge in [0.25, 0.3) is 0 Å². The van der Waals surface area contributed by atoms with Crippen molar-refractivity contribution < 1.29 is 13.9 Å². The van der Waals surface area contributed by atoms with E-state index < -0.39 is 0 Å². The van der Waals surface area contributed by atoms with Gasteiger partial charge in [0, 0.05) is 6.42 Å². The molecule has 0 amide bonds. The lowest BCUT2D eigenvalue weighted by molar-refractivity contribution is -0.117. The summed E-state index contributed by atoms with van der Waals surface area (Å²) in [6.07, 6.45) is 4.54. The number of methoxy groups -OCH3 is 1. The minimum absolute atomic E-state index is 0.244. The third kappa shape index (κ3) is 4.98. The SMILES string of the molecule is COc1cc(CCCCCC(C)=O)ccc1F. The Morgan fingerprint density at radius 3 is 2.71 bits per heavy atom. The van der Waals surface area contributed by atoms with E-state index in [1.165, 1.54) is 13.2 Å². The topological polar surface area (TPSA) is 26.3 Å². The Bertz CT molecular complexity index is 374. The largest absolute Gasteiger partial charge is 0.494 e. The molecule has 0 spiro atoms. The highest BCUT2D eigenvalue weighted by atomic mass is 19.1. The molecule has 1 aromatic rings. The lowest BCUT2D eigenvalue weighted by Gasteiger charge is -2.05. The average Bonchev–Trinajstić information content (AvgIpc) is 2.30. The van der Waals surface area contributed by atoms with Crippen LogP contribution in [-0.4, -0.2) is 12.9 Å². The molecule has 3 heteroatoms. The van der Waals surface area contributed by atoms with Crippen molar-refractivity contribution in [2.24, 2.45) is 0 Å². The fraction of sp³-hybridized carbons (Fsp3) is 0.500. The van der Waals surface area contributed by atoms with E-state index in [2.05, 4.69) is 0 Å². The summed E-state index contributed by atoms with van der Waals surface area (Å²) in [6.45, 7) is 1.62. The van der Waals surface area contributed by atoms with E-state index >= 15 is 0 Å². The van der Waals surface area contributed by atoms with Crippen molar-refractivity contribution in [1.29, 1.82) is 0 Å². The van der Waals surface area contributed by atoms with Gasteiger partial charge in [0.15, 0.2) is 11.6 Å². The maximum absolute atomic E-state index is 13.1. The predicted molar refractivity (Wildman–Crippen MR) is 65.8 cm³/mol. The van der Waals surface area contributed by atoms with Crippen LogP contribution in [0.25, 0.3) is 0 Å². The van der Waals surface area contributed by atoms with Crippen LogP contribution in [0.4, 0.5) is 4.39 Å². The van der Waals surface area contributed by atoms with Crippen LogP contribution in [0.5, 0.6) is 5.75 Å². The van der Waals surface area contributed by atoms with Crippen LogP contribution in [0, 0.1) is 5.82 Å². The predicted octanol–water partition coefficient (Wildman–Crippen LogP) is 3.53. The molecule has 17 heavy (non-hydrogen) atoms. The minimum Gasteiger partial charge on any atom is -0.494 e. The van der Waals surface area contributed by atoms with Crippen molar-refractivity contribution in [1.82, 2.24) is 0 Å². The Morgan fingerprint density at radius 1 is 1.29 bits per heavy atom. The molecule has 2 nitrogen and oxygen atoms in total. The van der Waals surface area contributed by atoms with Gasteiger partial charge in [-0.2, -0.15) is 0 Å². The molecule has 0 N–H and O–H groups in total. The zero-order chi connectivity index (χ0) is 12.7. The first kappa shape index (κ1) is 13.7. The Kier molecular flexibility index (Phi) is 5.67. The van der Waals surface area contributed by atoms with Crippen LogP contribution in [0.3, 0.4) is 0 Å². The van der Waals surface area contributed by atoms with Crippen molar-refractivity contribution in [3.8, 4) is 5.75 Å². The van der Waals surface area contributed by atoms with Crippen molar-refractivity contribution in [3.63, 3.8) is 0 Å². The Morgan fingerprint density at radius 2 is 2.06 bits per heavy atom. The van der Waals surface area contributed by atoms with E-state index in [1.807, 2.05) is 0 Å². The number of ether oxygens (including phenoxy) is 1. The van der Waals surface area contributed by atoms with E-state index in [9.17, 15) is 9.18 Å². The van der Waals surface area contributed by atoms with Crippen LogP contribution in [-0.2, 0) is 11.2 Å². The normalized spacial score (nSPS) is 10.3. The van der Waals surface area contributed by atoms with Crippen molar-refractivity contribution >= 4 is 5.78 Å². The third-order valence-corrected chi connectivity index (χ3v) is 2.71. The minimum atomic E-state index is -0.326. The van der Waals surface area contributed by atoms with Gasteiger partial charge in [-0.3, -0.25) is 0 Å². The number of carbonyl (C=O) groups excluding carboxylic acids is 1. The molecule has 0 heterocycles. The number of halogens is 1. The van der Waals surface area contributed by atoms with Crippen LogP contribution >= 0.6 is 0 Å². The summed E-state index contributed by atoms with van der Waals surface area (Å²) in [7, 11) is 1.47. The van der Waals surface area contributed by atoms with E-state index in [4.69, 9.17) is 4.74 Å². The van der Waals surface area contributed by atoms with Crippen molar-refractivity contribution in [2.45, 2.75) is 39.0 Å². The van der Waals surface area contributed by atoms with Gasteiger partial charge in [0.2, 0.25) is 0 Å². The van der Waals surface area contributed by atoms with Gasteiger partial charge < -0.3 is 9.53 Å². The van der Waals surface area contributed by atoms with E-state index in [0.29, 0.717) is 12.2 Å². The molecule has 94 valence electrons. The highest BCUT2D eigenvalue weighted by Gasteiger charge is 2.03. The summed E-state index contributed by atoms with van der Waals surface area (Å²) in [4.78, 5) is 10.7. The first-order valence-corrected chi connectivity index (χ1v) is 5.95. The number of ketones is 1. The van der Waals surface area contributed by atoms with E-state index in [1.54, 1.807) is 19.1 Å². The van der Waals surface area contributed by atoms with E-state index in [-0.39, 0.29) is 11.6 Å². The number of rotatable bonds is 7. The van der Waals surface area contributed by atoms with Gasteiger partial charge in [-0.05, 0) is 43.9 Å². The number of aryl methyl sites for hydroxylation is 1. The van der Waals surface area contributed by atoms with Crippen molar-refractivity contribution in [2.75, 3.05) is 7.11 Å². The molecule has 0 saturated heterocycles. The van der Waals surface area contributed by atoms with Gasteiger partial charge in [-0.1, -0.05) is 12.5 Å². The van der Waals surface area contributed by atoms with Crippen molar-refractivity contribution in [3.05, 3.63) is 29.6 Å². The van der Waals surface area contributed by atoms with Crippen LogP contribution < -0.4 is 4.74 Å². The molecule has 0 aromatic heterocycles. The monoisotopic (exact) mass is 238 g/mol. The molecule has 0 radical (unpaired) electrons.